The average molecular weight is 272 g/mol. The van der Waals surface area contributed by atoms with E-state index < -0.39 is 0 Å². The van der Waals surface area contributed by atoms with Crippen LogP contribution >= 0.6 is 0 Å². The second-order valence-corrected chi connectivity index (χ2v) is 5.12. The van der Waals surface area contributed by atoms with Crippen molar-refractivity contribution < 1.29 is 9.90 Å². The summed E-state index contributed by atoms with van der Waals surface area (Å²) in [5.41, 5.74) is 0.352. The van der Waals surface area contributed by atoms with E-state index in [-0.39, 0.29) is 17.7 Å². The van der Waals surface area contributed by atoms with Crippen LogP contribution in [0.25, 0.3) is 0 Å². The number of carbonyl (C=O) groups is 1. The molecule has 2 aromatic rings. The molecular formula is C14H16N4O2. The second-order valence-electron chi connectivity index (χ2n) is 5.12. The summed E-state index contributed by atoms with van der Waals surface area (Å²) < 4.78 is 1.92. The Hall–Kier alpha value is -2.37. The molecule has 0 bridgehead atoms. The first-order valence-corrected chi connectivity index (χ1v) is 6.57. The number of nitrogens with zero attached hydrogens (tertiary/aromatic N) is 3. The van der Waals surface area contributed by atoms with Crippen LogP contribution in [0, 0.1) is 5.92 Å². The summed E-state index contributed by atoms with van der Waals surface area (Å²) in [7, 11) is 1.92. The zero-order chi connectivity index (χ0) is 14.1. The molecule has 0 aliphatic heterocycles. The van der Waals surface area contributed by atoms with Crippen LogP contribution < -0.4 is 5.32 Å². The molecule has 1 atom stereocenters. The standard InChI is InChI=1S/C14H16N4O2/c1-18-5-4-16-13(18)12(9-2-3-9)17-14(20)10-6-11(19)8-15-7-10/h4-9,12,19H,2-3H2,1H3,(H,17,20)/t12-/m1/s1. The van der Waals surface area contributed by atoms with Gasteiger partial charge in [-0.1, -0.05) is 0 Å². The van der Waals surface area contributed by atoms with E-state index in [1.807, 2.05) is 17.8 Å². The molecule has 1 fully saturated rings. The van der Waals surface area contributed by atoms with E-state index in [0.29, 0.717) is 11.5 Å². The molecule has 1 aliphatic rings. The SMILES string of the molecule is Cn1ccnc1[C@H](NC(=O)c1cncc(O)c1)C1CC1. The highest BCUT2D eigenvalue weighted by Crippen LogP contribution is 2.40. The highest BCUT2D eigenvalue weighted by atomic mass is 16.3. The van der Waals surface area contributed by atoms with E-state index in [0.717, 1.165) is 18.7 Å². The first-order valence-electron chi connectivity index (χ1n) is 6.57. The Morgan fingerprint density at radius 1 is 1.50 bits per heavy atom. The smallest absolute Gasteiger partial charge is 0.253 e. The predicted molar refractivity (Wildman–Crippen MR) is 72.0 cm³/mol. The molecule has 6 heteroatoms. The third kappa shape index (κ3) is 2.49. The van der Waals surface area contributed by atoms with Crippen molar-refractivity contribution in [1.29, 1.82) is 0 Å². The van der Waals surface area contributed by atoms with Gasteiger partial charge < -0.3 is 15.0 Å². The van der Waals surface area contributed by atoms with E-state index in [9.17, 15) is 9.90 Å². The van der Waals surface area contributed by atoms with Gasteiger partial charge >= 0.3 is 0 Å². The average Bonchev–Trinajstić information content (AvgIpc) is 3.18. The van der Waals surface area contributed by atoms with Crippen LogP contribution in [-0.4, -0.2) is 25.5 Å². The summed E-state index contributed by atoms with van der Waals surface area (Å²) in [5.74, 6) is 1.03. The Bertz CT molecular complexity index is 634. The zero-order valence-corrected chi connectivity index (χ0v) is 11.2. The molecule has 1 aliphatic carbocycles. The lowest BCUT2D eigenvalue weighted by molar-refractivity contribution is 0.0928. The first-order chi connectivity index (χ1) is 9.65. The van der Waals surface area contributed by atoms with E-state index in [2.05, 4.69) is 15.3 Å². The van der Waals surface area contributed by atoms with E-state index in [1.54, 1.807) is 6.20 Å². The molecular weight excluding hydrogens is 256 g/mol. The number of hydrogen-bond donors (Lipinski definition) is 2. The van der Waals surface area contributed by atoms with Gasteiger partial charge in [0.25, 0.3) is 5.91 Å². The summed E-state index contributed by atoms with van der Waals surface area (Å²) in [5, 5.41) is 12.4. The molecule has 104 valence electrons. The number of pyridine rings is 1. The van der Waals surface area contributed by atoms with Gasteiger partial charge in [0.2, 0.25) is 0 Å². The Morgan fingerprint density at radius 2 is 2.30 bits per heavy atom. The lowest BCUT2D eigenvalue weighted by Gasteiger charge is -2.18. The second kappa shape index (κ2) is 4.96. The number of rotatable bonds is 4. The van der Waals surface area contributed by atoms with Crippen molar-refractivity contribution in [3.8, 4) is 5.75 Å². The maximum absolute atomic E-state index is 12.2. The maximum Gasteiger partial charge on any atom is 0.253 e. The molecule has 6 nitrogen and oxygen atoms in total. The number of amides is 1. The van der Waals surface area contributed by atoms with Gasteiger partial charge in [0, 0.05) is 25.6 Å². The predicted octanol–water partition coefficient (Wildman–Crippen LogP) is 1.40. The van der Waals surface area contributed by atoms with Gasteiger partial charge in [-0.3, -0.25) is 9.78 Å². The number of carbonyl (C=O) groups excluding carboxylic acids is 1. The molecule has 2 heterocycles. The van der Waals surface area contributed by atoms with Crippen LogP contribution in [0.15, 0.2) is 30.9 Å². The lowest BCUT2D eigenvalue weighted by atomic mass is 10.1. The summed E-state index contributed by atoms with van der Waals surface area (Å²) in [6.07, 6.45) is 8.52. The fourth-order valence-electron chi connectivity index (χ4n) is 2.28. The van der Waals surface area contributed by atoms with Gasteiger partial charge in [-0.25, -0.2) is 4.98 Å². The van der Waals surface area contributed by atoms with Crippen molar-refractivity contribution in [3.05, 3.63) is 42.2 Å². The molecule has 0 aromatic carbocycles. The van der Waals surface area contributed by atoms with Crippen LogP contribution in [0.5, 0.6) is 5.75 Å². The minimum absolute atomic E-state index is 0.0161. The Kier molecular flexibility index (Phi) is 3.14. The minimum Gasteiger partial charge on any atom is -0.506 e. The summed E-state index contributed by atoms with van der Waals surface area (Å²) >= 11 is 0. The molecule has 2 aromatic heterocycles. The first kappa shape index (κ1) is 12.7. The van der Waals surface area contributed by atoms with Gasteiger partial charge in [0.15, 0.2) is 0 Å². The highest BCUT2D eigenvalue weighted by Gasteiger charge is 2.35. The van der Waals surface area contributed by atoms with Crippen molar-refractivity contribution in [3.63, 3.8) is 0 Å². The van der Waals surface area contributed by atoms with Crippen molar-refractivity contribution >= 4 is 5.91 Å². The van der Waals surface area contributed by atoms with Gasteiger partial charge in [0.1, 0.15) is 11.6 Å². The Morgan fingerprint density at radius 3 is 2.90 bits per heavy atom. The van der Waals surface area contributed by atoms with Gasteiger partial charge in [-0.05, 0) is 24.8 Å². The number of nitrogens with one attached hydrogen (secondary N) is 1. The Balaban J connectivity index is 1.81. The zero-order valence-electron chi connectivity index (χ0n) is 11.2. The monoisotopic (exact) mass is 272 g/mol. The lowest BCUT2D eigenvalue weighted by Crippen LogP contribution is -2.31. The summed E-state index contributed by atoms with van der Waals surface area (Å²) in [6, 6.07) is 1.31. The van der Waals surface area contributed by atoms with Crippen LogP contribution in [0.3, 0.4) is 0 Å². The van der Waals surface area contributed by atoms with Crippen LogP contribution in [0.2, 0.25) is 0 Å². The molecule has 0 radical (unpaired) electrons. The molecule has 0 saturated heterocycles. The molecule has 0 unspecified atom stereocenters. The van der Waals surface area contributed by atoms with Crippen molar-refractivity contribution in [1.82, 2.24) is 19.9 Å². The highest BCUT2D eigenvalue weighted by molar-refractivity contribution is 5.94. The number of aromatic hydroxyl groups is 1. The summed E-state index contributed by atoms with van der Waals surface area (Å²) in [4.78, 5) is 20.4. The quantitative estimate of drug-likeness (QED) is 0.881. The van der Waals surface area contributed by atoms with E-state index in [4.69, 9.17) is 0 Å². The van der Waals surface area contributed by atoms with Crippen molar-refractivity contribution in [2.45, 2.75) is 18.9 Å². The Labute approximate surface area is 116 Å². The fraction of sp³-hybridized carbons (Fsp3) is 0.357. The molecule has 20 heavy (non-hydrogen) atoms. The normalized spacial score (nSPS) is 15.8. The third-order valence-corrected chi connectivity index (χ3v) is 3.50. The topological polar surface area (TPSA) is 80.0 Å². The van der Waals surface area contributed by atoms with Gasteiger partial charge in [-0.2, -0.15) is 0 Å². The summed E-state index contributed by atoms with van der Waals surface area (Å²) in [6.45, 7) is 0. The number of hydrogen-bond acceptors (Lipinski definition) is 4. The molecule has 3 rings (SSSR count). The van der Waals surface area contributed by atoms with Crippen LogP contribution in [0.4, 0.5) is 0 Å². The minimum atomic E-state index is -0.242. The molecule has 1 amide bonds. The third-order valence-electron chi connectivity index (χ3n) is 3.50. The molecule has 2 N–H and O–H groups in total. The fourth-order valence-corrected chi connectivity index (χ4v) is 2.28. The largest absolute Gasteiger partial charge is 0.506 e. The van der Waals surface area contributed by atoms with Crippen LogP contribution in [0.1, 0.15) is 35.1 Å². The van der Waals surface area contributed by atoms with Gasteiger partial charge in [-0.15, -0.1) is 0 Å². The van der Waals surface area contributed by atoms with Crippen molar-refractivity contribution in [2.24, 2.45) is 13.0 Å². The van der Waals surface area contributed by atoms with Crippen molar-refractivity contribution in [2.75, 3.05) is 0 Å². The van der Waals surface area contributed by atoms with E-state index >= 15 is 0 Å². The number of aromatic nitrogens is 3. The molecule has 0 spiro atoms. The van der Waals surface area contributed by atoms with E-state index in [1.165, 1.54) is 18.5 Å². The van der Waals surface area contributed by atoms with Gasteiger partial charge in [0.05, 0.1) is 17.8 Å². The maximum atomic E-state index is 12.2. The number of aryl methyl sites for hydroxylation is 1. The van der Waals surface area contributed by atoms with Crippen LogP contribution in [-0.2, 0) is 7.05 Å². The number of imidazole rings is 1. The molecule has 1 saturated carbocycles.